The summed E-state index contributed by atoms with van der Waals surface area (Å²) in [6, 6.07) is 7.44. The molecule has 3 nitrogen and oxygen atoms in total. The SMILES string of the molecule is CC(C)COc1ccc(NC=S)cc1C#N. The Labute approximate surface area is 101 Å². The van der Waals surface area contributed by atoms with E-state index in [-0.39, 0.29) is 0 Å². The van der Waals surface area contributed by atoms with E-state index < -0.39 is 0 Å². The van der Waals surface area contributed by atoms with Crippen LogP contribution in [0.3, 0.4) is 0 Å². The van der Waals surface area contributed by atoms with Gasteiger partial charge in [-0.3, -0.25) is 0 Å². The van der Waals surface area contributed by atoms with Crippen molar-refractivity contribution >= 4 is 23.4 Å². The zero-order chi connectivity index (χ0) is 12.0. The lowest BCUT2D eigenvalue weighted by Crippen LogP contribution is -2.05. The molecule has 0 radical (unpaired) electrons. The molecule has 84 valence electrons. The molecule has 1 rings (SSSR count). The Balaban J connectivity index is 2.85. The summed E-state index contributed by atoms with van der Waals surface area (Å²) in [6.45, 7) is 4.73. The lowest BCUT2D eigenvalue weighted by atomic mass is 10.2. The third kappa shape index (κ3) is 3.52. The Kier molecular flexibility index (Phi) is 4.74. The zero-order valence-corrected chi connectivity index (χ0v) is 10.2. The number of rotatable bonds is 5. The molecule has 0 saturated carbocycles. The van der Waals surface area contributed by atoms with Crippen LogP contribution in [-0.2, 0) is 0 Å². The van der Waals surface area contributed by atoms with Gasteiger partial charge in [0.15, 0.2) is 0 Å². The molecule has 0 spiro atoms. The second kappa shape index (κ2) is 6.09. The molecule has 0 aliphatic carbocycles. The second-order valence-corrected chi connectivity index (χ2v) is 4.03. The highest BCUT2D eigenvalue weighted by atomic mass is 32.1. The molecule has 0 aromatic heterocycles. The van der Waals surface area contributed by atoms with E-state index in [2.05, 4.69) is 37.5 Å². The van der Waals surface area contributed by atoms with E-state index in [0.717, 1.165) is 5.69 Å². The molecule has 0 heterocycles. The van der Waals surface area contributed by atoms with Crippen LogP contribution >= 0.6 is 12.2 Å². The molecule has 16 heavy (non-hydrogen) atoms. The van der Waals surface area contributed by atoms with E-state index in [1.54, 1.807) is 12.1 Å². The average molecular weight is 234 g/mol. The van der Waals surface area contributed by atoms with Crippen LogP contribution in [0.15, 0.2) is 18.2 Å². The number of nitrogens with zero attached hydrogens (tertiary/aromatic N) is 1. The highest BCUT2D eigenvalue weighted by molar-refractivity contribution is 7.79. The van der Waals surface area contributed by atoms with Crippen molar-refractivity contribution in [1.82, 2.24) is 0 Å². The van der Waals surface area contributed by atoms with Crippen molar-refractivity contribution in [3.63, 3.8) is 0 Å². The van der Waals surface area contributed by atoms with Crippen molar-refractivity contribution in [2.24, 2.45) is 5.92 Å². The van der Waals surface area contributed by atoms with Gasteiger partial charge in [0.2, 0.25) is 0 Å². The number of hydrogen-bond acceptors (Lipinski definition) is 3. The lowest BCUT2D eigenvalue weighted by molar-refractivity contribution is 0.270. The molecule has 0 unspecified atom stereocenters. The minimum Gasteiger partial charge on any atom is -0.492 e. The summed E-state index contributed by atoms with van der Waals surface area (Å²) in [7, 11) is 0. The molecule has 1 aromatic carbocycles. The molecule has 1 N–H and O–H groups in total. The van der Waals surface area contributed by atoms with Gasteiger partial charge in [0, 0.05) is 5.69 Å². The second-order valence-electron chi connectivity index (χ2n) is 3.79. The predicted octanol–water partition coefficient (Wildman–Crippen LogP) is 2.96. The predicted molar refractivity (Wildman–Crippen MR) is 68.8 cm³/mol. The molecular weight excluding hydrogens is 220 g/mol. The number of nitriles is 1. The number of nitrogens with one attached hydrogen (secondary N) is 1. The summed E-state index contributed by atoms with van der Waals surface area (Å²) in [5.74, 6) is 1.05. The Hall–Kier alpha value is -1.60. The molecule has 1 aromatic rings. The molecule has 0 aliphatic rings. The Bertz CT molecular complexity index is 410. The largest absolute Gasteiger partial charge is 0.492 e. The van der Waals surface area contributed by atoms with Gasteiger partial charge in [-0.15, -0.1) is 0 Å². The fraction of sp³-hybridized carbons (Fsp3) is 0.333. The molecule has 0 amide bonds. The lowest BCUT2D eigenvalue weighted by Gasteiger charge is -2.10. The minimum atomic E-state index is 0.435. The van der Waals surface area contributed by atoms with Gasteiger partial charge in [-0.2, -0.15) is 5.26 Å². The van der Waals surface area contributed by atoms with E-state index in [4.69, 9.17) is 10.00 Å². The summed E-state index contributed by atoms with van der Waals surface area (Å²) in [5.41, 5.74) is 2.72. The maximum Gasteiger partial charge on any atom is 0.137 e. The first-order valence-electron chi connectivity index (χ1n) is 5.04. The van der Waals surface area contributed by atoms with E-state index in [9.17, 15) is 0 Å². The average Bonchev–Trinajstić information content (AvgIpc) is 2.27. The molecular formula is C12H14N2OS. The number of thiocarbonyl (C=S) groups is 1. The first-order valence-corrected chi connectivity index (χ1v) is 5.51. The van der Waals surface area contributed by atoms with Crippen LogP contribution < -0.4 is 10.1 Å². The van der Waals surface area contributed by atoms with Gasteiger partial charge < -0.3 is 10.1 Å². The van der Waals surface area contributed by atoms with Crippen molar-refractivity contribution in [1.29, 1.82) is 5.26 Å². The van der Waals surface area contributed by atoms with Gasteiger partial charge in [-0.05, 0) is 24.1 Å². The molecule has 0 fully saturated rings. The summed E-state index contributed by atoms with van der Waals surface area (Å²) in [4.78, 5) is 0. The summed E-state index contributed by atoms with van der Waals surface area (Å²) in [6.07, 6.45) is 0. The summed E-state index contributed by atoms with van der Waals surface area (Å²) < 4.78 is 5.54. The summed E-state index contributed by atoms with van der Waals surface area (Å²) in [5, 5.41) is 11.8. The van der Waals surface area contributed by atoms with Crippen LogP contribution in [0.5, 0.6) is 5.75 Å². The summed E-state index contributed by atoms with van der Waals surface area (Å²) >= 11 is 4.68. The highest BCUT2D eigenvalue weighted by Gasteiger charge is 2.05. The molecule has 0 aliphatic heterocycles. The normalized spacial score (nSPS) is 9.62. The first kappa shape index (κ1) is 12.5. The van der Waals surface area contributed by atoms with Crippen LogP contribution in [0.1, 0.15) is 19.4 Å². The Morgan fingerprint density at radius 1 is 1.56 bits per heavy atom. The minimum absolute atomic E-state index is 0.435. The van der Waals surface area contributed by atoms with Gasteiger partial charge in [-0.1, -0.05) is 26.1 Å². The number of hydrogen-bond donors (Lipinski definition) is 1. The fourth-order valence-corrected chi connectivity index (χ4v) is 1.29. The van der Waals surface area contributed by atoms with Gasteiger partial charge in [0.1, 0.15) is 11.8 Å². The standard InChI is InChI=1S/C12H14N2OS/c1-9(2)7-15-12-4-3-11(14-8-16)5-10(12)6-13/h3-5,8-9H,7H2,1-2H3,(H,14,16). The van der Waals surface area contributed by atoms with Crippen molar-refractivity contribution in [3.8, 4) is 11.8 Å². The Morgan fingerprint density at radius 3 is 2.88 bits per heavy atom. The molecule has 0 bridgehead atoms. The van der Waals surface area contributed by atoms with Crippen molar-refractivity contribution in [2.45, 2.75) is 13.8 Å². The van der Waals surface area contributed by atoms with Gasteiger partial charge in [0.05, 0.1) is 17.7 Å². The van der Waals surface area contributed by atoms with Gasteiger partial charge in [0.25, 0.3) is 0 Å². The van der Waals surface area contributed by atoms with E-state index >= 15 is 0 Å². The molecule has 4 heteroatoms. The molecule has 0 atom stereocenters. The quantitative estimate of drug-likeness (QED) is 0.796. The Morgan fingerprint density at radius 2 is 2.31 bits per heavy atom. The van der Waals surface area contributed by atoms with Crippen LogP contribution in [0.2, 0.25) is 0 Å². The van der Waals surface area contributed by atoms with E-state index in [1.807, 2.05) is 6.07 Å². The molecule has 0 saturated heterocycles. The maximum absolute atomic E-state index is 8.98. The first-order chi connectivity index (χ1) is 7.67. The smallest absolute Gasteiger partial charge is 0.137 e. The van der Waals surface area contributed by atoms with E-state index in [0.29, 0.717) is 23.8 Å². The highest BCUT2D eigenvalue weighted by Crippen LogP contribution is 2.22. The zero-order valence-electron chi connectivity index (χ0n) is 9.36. The van der Waals surface area contributed by atoms with Crippen LogP contribution in [-0.4, -0.2) is 12.1 Å². The fourth-order valence-electron chi connectivity index (χ4n) is 1.16. The van der Waals surface area contributed by atoms with Gasteiger partial charge >= 0.3 is 0 Å². The third-order valence-electron chi connectivity index (χ3n) is 1.90. The van der Waals surface area contributed by atoms with Crippen molar-refractivity contribution in [2.75, 3.05) is 11.9 Å². The van der Waals surface area contributed by atoms with Crippen LogP contribution in [0, 0.1) is 17.2 Å². The topological polar surface area (TPSA) is 45.0 Å². The number of benzene rings is 1. The van der Waals surface area contributed by atoms with E-state index in [1.165, 1.54) is 5.49 Å². The monoisotopic (exact) mass is 234 g/mol. The van der Waals surface area contributed by atoms with Gasteiger partial charge in [-0.25, -0.2) is 0 Å². The van der Waals surface area contributed by atoms with Crippen LogP contribution in [0.4, 0.5) is 5.69 Å². The number of ether oxygens (including phenoxy) is 1. The third-order valence-corrected chi connectivity index (χ3v) is 2.02. The van der Waals surface area contributed by atoms with Crippen LogP contribution in [0.25, 0.3) is 0 Å². The number of anilines is 1. The maximum atomic E-state index is 8.98. The van der Waals surface area contributed by atoms with Crippen molar-refractivity contribution < 1.29 is 4.74 Å². The van der Waals surface area contributed by atoms with Crippen molar-refractivity contribution in [3.05, 3.63) is 23.8 Å².